The van der Waals surface area contributed by atoms with Gasteiger partial charge in [0.05, 0.1) is 18.3 Å². The highest BCUT2D eigenvalue weighted by molar-refractivity contribution is 6.71. The molecule has 0 radical (unpaired) electrons. The van der Waals surface area contributed by atoms with E-state index in [0.717, 1.165) is 12.6 Å². The molecule has 0 aliphatic carbocycles. The summed E-state index contributed by atoms with van der Waals surface area (Å²) in [6, 6.07) is 0.934. The minimum absolute atomic E-state index is 0.477. The zero-order valence-electron chi connectivity index (χ0n) is 13.1. The molecular formula is C13H31NO4Si. The van der Waals surface area contributed by atoms with E-state index in [1.165, 1.54) is 6.92 Å². The molecule has 5 atom stereocenters. The molecule has 5 unspecified atom stereocenters. The maximum Gasteiger partial charge on any atom is 0.187 e. The minimum atomic E-state index is -2.01. The highest BCUT2D eigenvalue weighted by atomic mass is 28.4. The van der Waals surface area contributed by atoms with Crippen LogP contribution in [0.5, 0.6) is 0 Å². The van der Waals surface area contributed by atoms with Crippen molar-refractivity contribution in [2.24, 2.45) is 5.92 Å². The Kier molecular flexibility index (Phi) is 8.34. The number of rotatable bonds is 9. The van der Waals surface area contributed by atoms with E-state index in [1.807, 2.05) is 7.05 Å². The second-order valence-electron chi connectivity index (χ2n) is 6.18. The first-order valence-corrected chi connectivity index (χ1v) is 10.1. The van der Waals surface area contributed by atoms with Crippen LogP contribution in [0, 0.1) is 5.92 Å². The molecule has 0 rings (SSSR count). The zero-order chi connectivity index (χ0) is 15.2. The van der Waals surface area contributed by atoms with Gasteiger partial charge in [-0.05, 0) is 52.5 Å². The Morgan fingerprint density at radius 2 is 1.58 bits per heavy atom. The molecule has 6 heteroatoms. The SMILES string of the molecule is CNCC(C)C[Si](C)(C)OC(C(C)O)C(O)C(C)O. The van der Waals surface area contributed by atoms with Gasteiger partial charge in [-0.2, -0.15) is 0 Å². The quantitative estimate of drug-likeness (QED) is 0.467. The molecule has 0 aromatic carbocycles. The van der Waals surface area contributed by atoms with Crippen LogP contribution < -0.4 is 5.32 Å². The van der Waals surface area contributed by atoms with Crippen LogP contribution in [0.15, 0.2) is 0 Å². The van der Waals surface area contributed by atoms with Gasteiger partial charge in [0, 0.05) is 0 Å². The molecule has 5 nitrogen and oxygen atoms in total. The summed E-state index contributed by atoms with van der Waals surface area (Å²) in [7, 11) is -0.0909. The highest BCUT2D eigenvalue weighted by Gasteiger charge is 2.35. The number of aliphatic hydroxyl groups is 3. The number of hydrogen-bond acceptors (Lipinski definition) is 5. The van der Waals surface area contributed by atoms with Crippen molar-refractivity contribution in [2.45, 2.75) is 64.3 Å². The lowest BCUT2D eigenvalue weighted by Gasteiger charge is -2.36. The maximum absolute atomic E-state index is 9.93. The van der Waals surface area contributed by atoms with Gasteiger partial charge < -0.3 is 25.1 Å². The van der Waals surface area contributed by atoms with E-state index in [-0.39, 0.29) is 0 Å². The first kappa shape index (κ1) is 19.0. The number of hydrogen-bond donors (Lipinski definition) is 4. The van der Waals surface area contributed by atoms with Crippen molar-refractivity contribution in [3.05, 3.63) is 0 Å². The van der Waals surface area contributed by atoms with E-state index >= 15 is 0 Å². The first-order chi connectivity index (χ1) is 8.60. The molecule has 0 aromatic rings. The Labute approximate surface area is 118 Å². The molecule has 0 heterocycles. The standard InChI is InChI=1S/C13H31NO4Si/c1-9(7-14-4)8-19(5,6)18-13(11(3)16)12(17)10(2)15/h9-17H,7-8H2,1-6H3. The van der Waals surface area contributed by atoms with Gasteiger partial charge in [0.1, 0.15) is 6.10 Å². The minimum Gasteiger partial charge on any atom is -0.409 e. The van der Waals surface area contributed by atoms with E-state index in [4.69, 9.17) is 4.43 Å². The van der Waals surface area contributed by atoms with E-state index in [9.17, 15) is 15.3 Å². The van der Waals surface area contributed by atoms with Gasteiger partial charge in [0.2, 0.25) is 0 Å². The lowest BCUT2D eigenvalue weighted by Crippen LogP contribution is -2.50. The Bertz CT molecular complexity index is 249. The zero-order valence-corrected chi connectivity index (χ0v) is 14.1. The van der Waals surface area contributed by atoms with Crippen molar-refractivity contribution < 1.29 is 19.7 Å². The van der Waals surface area contributed by atoms with Gasteiger partial charge in [0.15, 0.2) is 8.32 Å². The fraction of sp³-hybridized carbons (Fsp3) is 1.00. The molecule has 0 amide bonds. The van der Waals surface area contributed by atoms with Crippen LogP contribution >= 0.6 is 0 Å². The number of aliphatic hydroxyl groups excluding tert-OH is 3. The van der Waals surface area contributed by atoms with E-state index in [0.29, 0.717) is 5.92 Å². The van der Waals surface area contributed by atoms with Crippen molar-refractivity contribution in [1.29, 1.82) is 0 Å². The molecule has 0 aliphatic heterocycles. The van der Waals surface area contributed by atoms with Gasteiger partial charge in [-0.3, -0.25) is 0 Å². The van der Waals surface area contributed by atoms with Crippen molar-refractivity contribution >= 4 is 8.32 Å². The predicted octanol–water partition coefficient (Wildman–Crippen LogP) is 0.555. The van der Waals surface area contributed by atoms with Crippen LogP contribution in [0.4, 0.5) is 0 Å². The molecule has 0 saturated carbocycles. The monoisotopic (exact) mass is 293 g/mol. The highest BCUT2D eigenvalue weighted by Crippen LogP contribution is 2.23. The largest absolute Gasteiger partial charge is 0.409 e. The van der Waals surface area contributed by atoms with Crippen molar-refractivity contribution in [3.63, 3.8) is 0 Å². The van der Waals surface area contributed by atoms with Crippen molar-refractivity contribution in [2.75, 3.05) is 13.6 Å². The fourth-order valence-electron chi connectivity index (χ4n) is 2.40. The second-order valence-corrected chi connectivity index (χ2v) is 10.3. The molecule has 4 N–H and O–H groups in total. The van der Waals surface area contributed by atoms with Crippen LogP contribution in [0.1, 0.15) is 20.8 Å². The summed E-state index contributed by atoms with van der Waals surface area (Å²) in [5.41, 5.74) is 0. The molecule has 116 valence electrons. The van der Waals surface area contributed by atoms with E-state index in [2.05, 4.69) is 25.3 Å². The van der Waals surface area contributed by atoms with Crippen molar-refractivity contribution in [3.8, 4) is 0 Å². The fourth-order valence-corrected chi connectivity index (χ4v) is 5.40. The lowest BCUT2D eigenvalue weighted by molar-refractivity contribution is -0.0870. The van der Waals surface area contributed by atoms with E-state index < -0.39 is 32.7 Å². The summed E-state index contributed by atoms with van der Waals surface area (Å²) in [6.07, 6.45) is -3.52. The topological polar surface area (TPSA) is 82.0 Å². The molecule has 0 saturated heterocycles. The average molecular weight is 293 g/mol. The number of nitrogens with one attached hydrogen (secondary N) is 1. The van der Waals surface area contributed by atoms with E-state index in [1.54, 1.807) is 6.92 Å². The summed E-state index contributed by atoms with van der Waals surface area (Å²) in [5.74, 6) is 0.477. The third kappa shape index (κ3) is 7.39. The lowest BCUT2D eigenvalue weighted by atomic mass is 10.1. The first-order valence-electron chi connectivity index (χ1n) is 6.97. The molecule has 0 bridgehead atoms. The third-order valence-electron chi connectivity index (χ3n) is 3.15. The van der Waals surface area contributed by atoms with Crippen LogP contribution in [-0.2, 0) is 4.43 Å². The van der Waals surface area contributed by atoms with Crippen LogP contribution in [0.3, 0.4) is 0 Å². The van der Waals surface area contributed by atoms with Crippen LogP contribution in [-0.4, -0.2) is 61.6 Å². The Morgan fingerprint density at radius 3 is 1.95 bits per heavy atom. The smallest absolute Gasteiger partial charge is 0.187 e. The van der Waals surface area contributed by atoms with Gasteiger partial charge in [-0.25, -0.2) is 0 Å². The molecule has 0 aliphatic rings. The maximum atomic E-state index is 9.93. The Balaban J connectivity index is 4.64. The van der Waals surface area contributed by atoms with Crippen LogP contribution in [0.2, 0.25) is 19.1 Å². The summed E-state index contributed by atoms with van der Waals surface area (Å²) in [4.78, 5) is 0. The Hall–Kier alpha value is 0.0169. The molecular weight excluding hydrogens is 262 g/mol. The second kappa shape index (κ2) is 8.34. The molecule has 0 spiro atoms. The Morgan fingerprint density at radius 1 is 1.05 bits per heavy atom. The van der Waals surface area contributed by atoms with Gasteiger partial charge in [-0.15, -0.1) is 0 Å². The predicted molar refractivity (Wildman–Crippen MR) is 79.6 cm³/mol. The van der Waals surface area contributed by atoms with Crippen LogP contribution in [0.25, 0.3) is 0 Å². The molecule has 0 aromatic heterocycles. The molecule has 19 heavy (non-hydrogen) atoms. The van der Waals surface area contributed by atoms with Gasteiger partial charge >= 0.3 is 0 Å². The van der Waals surface area contributed by atoms with Gasteiger partial charge in [-0.1, -0.05) is 6.92 Å². The summed E-state index contributed by atoms with van der Waals surface area (Å²) in [5, 5.41) is 32.3. The summed E-state index contributed by atoms with van der Waals surface area (Å²) in [6.45, 7) is 10.3. The summed E-state index contributed by atoms with van der Waals surface area (Å²) < 4.78 is 5.99. The molecule has 0 fully saturated rings. The average Bonchev–Trinajstić information content (AvgIpc) is 2.24. The van der Waals surface area contributed by atoms with Gasteiger partial charge in [0.25, 0.3) is 0 Å². The summed E-state index contributed by atoms with van der Waals surface area (Å²) >= 11 is 0. The normalized spacial score (nSPS) is 20.7. The van der Waals surface area contributed by atoms with Crippen molar-refractivity contribution in [1.82, 2.24) is 5.32 Å². The third-order valence-corrected chi connectivity index (χ3v) is 5.74.